The molecular formula is C12H21Cl2N3O2S. The van der Waals surface area contributed by atoms with Gasteiger partial charge >= 0.3 is 0 Å². The van der Waals surface area contributed by atoms with Gasteiger partial charge in [-0.1, -0.05) is 0 Å². The predicted molar refractivity (Wildman–Crippen MR) is 85.3 cm³/mol. The second-order valence-corrected chi connectivity index (χ2v) is 5.45. The standard InChI is InChI=1S/C12H19N3O2S.2ClH/c1-9-15-10(8-18-9)2-3-14-12(16)6-11-7-17-5-4-13-11;;/h8,11,13H,2-7H2,1H3,(H,14,16);2*1H. The van der Waals surface area contributed by atoms with Gasteiger partial charge in [0.05, 0.1) is 23.9 Å². The number of hydrogen-bond donors (Lipinski definition) is 2. The van der Waals surface area contributed by atoms with E-state index in [2.05, 4.69) is 15.6 Å². The Morgan fingerprint density at radius 1 is 1.60 bits per heavy atom. The molecule has 20 heavy (non-hydrogen) atoms. The van der Waals surface area contributed by atoms with Crippen LogP contribution in [-0.2, 0) is 16.0 Å². The minimum atomic E-state index is 0. The molecule has 0 spiro atoms. The van der Waals surface area contributed by atoms with Gasteiger partial charge in [0, 0.05) is 37.4 Å². The monoisotopic (exact) mass is 341 g/mol. The molecule has 0 saturated carbocycles. The highest BCUT2D eigenvalue weighted by Gasteiger charge is 2.16. The molecule has 2 rings (SSSR count). The molecule has 1 amide bonds. The molecule has 116 valence electrons. The predicted octanol–water partition coefficient (Wildman–Crippen LogP) is 1.33. The van der Waals surface area contributed by atoms with Crippen molar-refractivity contribution >= 4 is 42.1 Å². The Morgan fingerprint density at radius 3 is 3.00 bits per heavy atom. The van der Waals surface area contributed by atoms with Gasteiger partial charge in [0.2, 0.25) is 5.91 Å². The molecule has 0 aliphatic carbocycles. The molecule has 0 radical (unpaired) electrons. The fourth-order valence-electron chi connectivity index (χ4n) is 1.90. The van der Waals surface area contributed by atoms with Crippen LogP contribution >= 0.6 is 36.2 Å². The molecule has 1 aromatic rings. The summed E-state index contributed by atoms with van der Waals surface area (Å²) in [5, 5.41) is 9.29. The van der Waals surface area contributed by atoms with Crippen molar-refractivity contribution in [2.45, 2.75) is 25.8 Å². The van der Waals surface area contributed by atoms with Gasteiger partial charge in [-0.3, -0.25) is 4.79 Å². The molecule has 0 aromatic carbocycles. The molecule has 5 nitrogen and oxygen atoms in total. The number of aromatic nitrogens is 1. The zero-order valence-electron chi connectivity index (χ0n) is 11.4. The molecule has 1 aromatic heterocycles. The lowest BCUT2D eigenvalue weighted by molar-refractivity contribution is -0.122. The van der Waals surface area contributed by atoms with Crippen molar-refractivity contribution in [3.63, 3.8) is 0 Å². The molecule has 1 atom stereocenters. The maximum atomic E-state index is 11.7. The van der Waals surface area contributed by atoms with Crippen molar-refractivity contribution in [1.29, 1.82) is 0 Å². The van der Waals surface area contributed by atoms with Crippen molar-refractivity contribution < 1.29 is 9.53 Å². The SMILES string of the molecule is Cc1nc(CCNC(=O)CC2COCCN2)cs1.Cl.Cl. The van der Waals surface area contributed by atoms with Gasteiger partial charge in [0.15, 0.2) is 0 Å². The van der Waals surface area contributed by atoms with E-state index in [1.807, 2.05) is 12.3 Å². The lowest BCUT2D eigenvalue weighted by Gasteiger charge is -2.23. The number of carbonyl (C=O) groups excluding carboxylic acids is 1. The summed E-state index contributed by atoms with van der Waals surface area (Å²) < 4.78 is 5.31. The van der Waals surface area contributed by atoms with Gasteiger partial charge in [0.1, 0.15) is 0 Å². The maximum absolute atomic E-state index is 11.7. The average molecular weight is 342 g/mol. The van der Waals surface area contributed by atoms with Crippen LogP contribution in [0.1, 0.15) is 17.1 Å². The molecule has 1 aliphatic heterocycles. The van der Waals surface area contributed by atoms with E-state index in [1.165, 1.54) is 0 Å². The quantitative estimate of drug-likeness (QED) is 0.848. The summed E-state index contributed by atoms with van der Waals surface area (Å²) in [7, 11) is 0. The third-order valence-electron chi connectivity index (χ3n) is 2.80. The highest BCUT2D eigenvalue weighted by molar-refractivity contribution is 7.09. The molecule has 2 N–H and O–H groups in total. The van der Waals surface area contributed by atoms with E-state index in [0.29, 0.717) is 19.6 Å². The van der Waals surface area contributed by atoms with Crippen molar-refractivity contribution in [2.75, 3.05) is 26.3 Å². The maximum Gasteiger partial charge on any atom is 0.221 e. The van der Waals surface area contributed by atoms with Crippen LogP contribution in [0.5, 0.6) is 0 Å². The summed E-state index contributed by atoms with van der Waals surface area (Å²) in [4.78, 5) is 16.0. The number of aryl methyl sites for hydroxylation is 1. The molecule has 1 unspecified atom stereocenters. The number of amides is 1. The molecule has 8 heteroatoms. The van der Waals surface area contributed by atoms with Crippen molar-refractivity contribution in [3.8, 4) is 0 Å². The van der Waals surface area contributed by atoms with Gasteiger partial charge in [-0.2, -0.15) is 0 Å². The highest BCUT2D eigenvalue weighted by Crippen LogP contribution is 2.07. The van der Waals surface area contributed by atoms with Crippen LogP contribution in [0.15, 0.2) is 5.38 Å². The molecule has 1 fully saturated rings. The molecule has 0 bridgehead atoms. The molecule has 2 heterocycles. The van der Waals surface area contributed by atoms with Gasteiger partial charge in [-0.25, -0.2) is 4.98 Å². The number of hydrogen-bond acceptors (Lipinski definition) is 5. The smallest absolute Gasteiger partial charge is 0.221 e. The third-order valence-corrected chi connectivity index (χ3v) is 3.62. The minimum Gasteiger partial charge on any atom is -0.378 e. The van der Waals surface area contributed by atoms with E-state index >= 15 is 0 Å². The zero-order chi connectivity index (χ0) is 12.8. The summed E-state index contributed by atoms with van der Waals surface area (Å²) in [6.45, 7) is 4.83. The van der Waals surface area contributed by atoms with E-state index in [-0.39, 0.29) is 36.8 Å². The molecule has 1 aliphatic rings. The number of nitrogens with zero attached hydrogens (tertiary/aromatic N) is 1. The van der Waals surface area contributed by atoms with Crippen LogP contribution < -0.4 is 10.6 Å². The van der Waals surface area contributed by atoms with Crippen LogP contribution in [0.25, 0.3) is 0 Å². The van der Waals surface area contributed by atoms with Crippen LogP contribution in [0.2, 0.25) is 0 Å². The minimum absolute atomic E-state index is 0. The van der Waals surface area contributed by atoms with Gasteiger partial charge in [-0.05, 0) is 6.92 Å². The zero-order valence-corrected chi connectivity index (χ0v) is 13.8. The summed E-state index contributed by atoms with van der Waals surface area (Å²) in [6, 6.07) is 0.153. The first-order valence-electron chi connectivity index (χ1n) is 6.23. The normalized spacial score (nSPS) is 17.8. The molecule has 1 saturated heterocycles. The highest BCUT2D eigenvalue weighted by atomic mass is 35.5. The van der Waals surface area contributed by atoms with Gasteiger partial charge in [-0.15, -0.1) is 36.2 Å². The number of nitrogens with one attached hydrogen (secondary N) is 2. The first-order valence-corrected chi connectivity index (χ1v) is 7.11. The van der Waals surface area contributed by atoms with E-state index < -0.39 is 0 Å². The summed E-state index contributed by atoms with van der Waals surface area (Å²) in [5.41, 5.74) is 1.05. The third kappa shape index (κ3) is 6.85. The number of thiazole rings is 1. The van der Waals surface area contributed by atoms with E-state index in [1.54, 1.807) is 11.3 Å². The van der Waals surface area contributed by atoms with Gasteiger partial charge in [0.25, 0.3) is 0 Å². The summed E-state index contributed by atoms with van der Waals surface area (Å²) in [6.07, 6.45) is 1.28. The largest absolute Gasteiger partial charge is 0.378 e. The summed E-state index contributed by atoms with van der Waals surface area (Å²) >= 11 is 1.64. The van der Waals surface area contributed by atoms with Crippen LogP contribution in [0.3, 0.4) is 0 Å². The van der Waals surface area contributed by atoms with Crippen LogP contribution in [0.4, 0.5) is 0 Å². The topological polar surface area (TPSA) is 63.2 Å². The second-order valence-electron chi connectivity index (χ2n) is 4.39. The Bertz CT molecular complexity index is 398. The van der Waals surface area contributed by atoms with Crippen molar-refractivity contribution in [2.24, 2.45) is 0 Å². The summed E-state index contributed by atoms with van der Waals surface area (Å²) in [5.74, 6) is 0.0740. The van der Waals surface area contributed by atoms with Gasteiger partial charge < -0.3 is 15.4 Å². The first kappa shape index (κ1) is 19.6. The fraction of sp³-hybridized carbons (Fsp3) is 0.667. The number of ether oxygens (including phenoxy) is 1. The number of carbonyl (C=O) groups is 1. The van der Waals surface area contributed by atoms with E-state index in [9.17, 15) is 4.79 Å². The number of halogens is 2. The Kier molecular flexibility index (Phi) is 10.1. The molecular weight excluding hydrogens is 321 g/mol. The Morgan fingerprint density at radius 2 is 2.40 bits per heavy atom. The lowest BCUT2D eigenvalue weighted by atomic mass is 10.2. The Hall–Kier alpha value is -0.400. The van der Waals surface area contributed by atoms with Crippen molar-refractivity contribution in [1.82, 2.24) is 15.6 Å². The first-order chi connectivity index (χ1) is 8.74. The van der Waals surface area contributed by atoms with Crippen LogP contribution in [0, 0.1) is 6.92 Å². The Labute approximate surface area is 135 Å². The number of morpholine rings is 1. The van der Waals surface area contributed by atoms with Crippen molar-refractivity contribution in [3.05, 3.63) is 16.1 Å². The average Bonchev–Trinajstić information content (AvgIpc) is 2.76. The number of rotatable bonds is 5. The lowest BCUT2D eigenvalue weighted by Crippen LogP contribution is -2.44. The Balaban J connectivity index is 0.00000180. The van der Waals surface area contributed by atoms with Crippen LogP contribution in [-0.4, -0.2) is 43.2 Å². The van der Waals surface area contributed by atoms with E-state index in [0.717, 1.165) is 30.3 Å². The van der Waals surface area contributed by atoms with E-state index in [4.69, 9.17) is 4.74 Å². The fourth-order valence-corrected chi connectivity index (χ4v) is 2.55. The second kappa shape index (κ2) is 10.3.